The van der Waals surface area contributed by atoms with Crippen molar-refractivity contribution in [1.82, 2.24) is 9.97 Å². The maximum Gasteiger partial charge on any atom is 0.162 e. The fourth-order valence-corrected chi connectivity index (χ4v) is 2.11. The average molecular weight is 320 g/mol. The molecule has 0 atom stereocenters. The molecule has 2 nitrogen and oxygen atoms in total. The molecule has 1 aromatic carbocycles. The highest BCUT2D eigenvalue weighted by molar-refractivity contribution is 5.55. The first-order valence-electron chi connectivity index (χ1n) is 8.32. The third kappa shape index (κ3) is 7.31. The molecule has 0 N–H and O–H groups in total. The third-order valence-corrected chi connectivity index (χ3v) is 3.44. The summed E-state index contributed by atoms with van der Waals surface area (Å²) in [6.07, 6.45) is 10.5. The first kappa shape index (κ1) is 19.2. The zero-order valence-corrected chi connectivity index (χ0v) is 14.3. The summed E-state index contributed by atoms with van der Waals surface area (Å²) < 4.78 is 26.0. The van der Waals surface area contributed by atoms with Crippen LogP contribution in [0.5, 0.6) is 0 Å². The Morgan fingerprint density at radius 1 is 0.870 bits per heavy atom. The zero-order valence-electron chi connectivity index (χ0n) is 14.3. The van der Waals surface area contributed by atoms with E-state index in [1.807, 2.05) is 0 Å². The third-order valence-electron chi connectivity index (χ3n) is 3.44. The topological polar surface area (TPSA) is 25.8 Å². The molecule has 2 rings (SSSR count). The molecule has 0 spiro atoms. The Kier molecular flexibility index (Phi) is 9.03. The van der Waals surface area contributed by atoms with Crippen molar-refractivity contribution in [3.05, 3.63) is 47.8 Å². The normalized spacial score (nSPS) is 10.1. The molecule has 2 aromatic rings. The summed E-state index contributed by atoms with van der Waals surface area (Å²) in [5.41, 5.74) is 1.10. The smallest absolute Gasteiger partial charge is 0.162 e. The largest absolute Gasteiger partial charge is 0.233 e. The van der Waals surface area contributed by atoms with Crippen molar-refractivity contribution in [3.63, 3.8) is 0 Å². The van der Waals surface area contributed by atoms with E-state index in [9.17, 15) is 8.78 Å². The van der Waals surface area contributed by atoms with Crippen molar-refractivity contribution in [2.45, 2.75) is 59.3 Å². The summed E-state index contributed by atoms with van der Waals surface area (Å²) in [6, 6.07) is 4.73. The van der Waals surface area contributed by atoms with E-state index in [1.165, 1.54) is 44.6 Å². The Balaban J connectivity index is 0.000000284. The first-order chi connectivity index (χ1) is 11.1. The van der Waals surface area contributed by atoms with Gasteiger partial charge in [-0.05, 0) is 24.6 Å². The number of nitrogens with zero attached hydrogens (tertiary/aromatic N) is 2. The Morgan fingerprint density at radius 3 is 1.91 bits per heavy atom. The fourth-order valence-electron chi connectivity index (χ4n) is 2.11. The number of unbranched alkanes of at least 4 members (excludes halogenated alkanes) is 5. The van der Waals surface area contributed by atoms with Gasteiger partial charge in [-0.3, -0.25) is 0 Å². The lowest BCUT2D eigenvalue weighted by atomic mass is 10.1. The standard InChI is InChI=1S/C11H8F2N2.C8H18/c1-7-2-3-9(10(13)4-7)11-14-5-8(12)6-15-11;1-3-5-7-8-6-4-2/h2-6H,1H3;3-8H2,1-2H3. The van der Waals surface area contributed by atoms with Crippen LogP contribution in [0.1, 0.15) is 57.9 Å². The second kappa shape index (κ2) is 10.8. The van der Waals surface area contributed by atoms with Gasteiger partial charge in [0, 0.05) is 0 Å². The van der Waals surface area contributed by atoms with Gasteiger partial charge < -0.3 is 0 Å². The minimum Gasteiger partial charge on any atom is -0.233 e. The van der Waals surface area contributed by atoms with Crippen LogP contribution in [0.2, 0.25) is 0 Å². The quantitative estimate of drug-likeness (QED) is 0.601. The molecule has 0 unspecified atom stereocenters. The predicted octanol–water partition coefficient (Wildman–Crippen LogP) is 6.10. The highest BCUT2D eigenvalue weighted by Crippen LogP contribution is 2.19. The van der Waals surface area contributed by atoms with Crippen LogP contribution in [0, 0.1) is 18.6 Å². The summed E-state index contributed by atoms with van der Waals surface area (Å²) in [5, 5.41) is 0. The van der Waals surface area contributed by atoms with Crippen LogP contribution in [0.4, 0.5) is 8.78 Å². The maximum absolute atomic E-state index is 13.5. The van der Waals surface area contributed by atoms with E-state index in [0.29, 0.717) is 0 Å². The minimum absolute atomic E-state index is 0.189. The zero-order chi connectivity index (χ0) is 17.1. The Bertz CT molecular complexity index is 562. The van der Waals surface area contributed by atoms with E-state index in [1.54, 1.807) is 19.1 Å². The first-order valence-corrected chi connectivity index (χ1v) is 8.32. The van der Waals surface area contributed by atoms with Gasteiger partial charge in [0.1, 0.15) is 5.82 Å². The molecule has 23 heavy (non-hydrogen) atoms. The molecular formula is C19H26F2N2. The Labute approximate surface area is 138 Å². The number of aromatic nitrogens is 2. The molecule has 0 fully saturated rings. The Morgan fingerprint density at radius 2 is 1.43 bits per heavy atom. The van der Waals surface area contributed by atoms with E-state index in [-0.39, 0.29) is 11.4 Å². The lowest BCUT2D eigenvalue weighted by Gasteiger charge is -2.02. The van der Waals surface area contributed by atoms with Gasteiger partial charge in [0.05, 0.1) is 18.0 Å². The van der Waals surface area contributed by atoms with Gasteiger partial charge in [0.2, 0.25) is 0 Å². The average Bonchev–Trinajstić information content (AvgIpc) is 2.54. The molecule has 0 saturated heterocycles. The molecule has 0 aliphatic heterocycles. The van der Waals surface area contributed by atoms with E-state index >= 15 is 0 Å². The molecule has 1 aromatic heterocycles. The molecule has 126 valence electrons. The molecular weight excluding hydrogens is 294 g/mol. The minimum atomic E-state index is -0.536. The fraction of sp³-hybridized carbons (Fsp3) is 0.474. The highest BCUT2D eigenvalue weighted by atomic mass is 19.1. The van der Waals surface area contributed by atoms with Crippen molar-refractivity contribution in [2.75, 3.05) is 0 Å². The molecule has 0 aliphatic rings. The van der Waals surface area contributed by atoms with Crippen LogP contribution in [-0.4, -0.2) is 9.97 Å². The van der Waals surface area contributed by atoms with Gasteiger partial charge in [-0.2, -0.15) is 0 Å². The number of halogens is 2. The maximum atomic E-state index is 13.5. The summed E-state index contributed by atoms with van der Waals surface area (Å²) >= 11 is 0. The van der Waals surface area contributed by atoms with Crippen LogP contribution in [0.15, 0.2) is 30.6 Å². The number of hydrogen-bond acceptors (Lipinski definition) is 2. The second-order valence-corrected chi connectivity index (χ2v) is 5.62. The van der Waals surface area contributed by atoms with Crippen molar-refractivity contribution in [2.24, 2.45) is 0 Å². The Hall–Kier alpha value is -1.84. The van der Waals surface area contributed by atoms with Crippen molar-refractivity contribution in [3.8, 4) is 11.4 Å². The lowest BCUT2D eigenvalue weighted by molar-refractivity contribution is 0.611. The molecule has 0 bridgehead atoms. The molecule has 0 radical (unpaired) electrons. The summed E-state index contributed by atoms with van der Waals surface area (Å²) in [6.45, 7) is 6.30. The van der Waals surface area contributed by atoms with Gasteiger partial charge >= 0.3 is 0 Å². The molecule has 0 aliphatic carbocycles. The second-order valence-electron chi connectivity index (χ2n) is 5.62. The number of rotatable bonds is 6. The van der Waals surface area contributed by atoms with Crippen LogP contribution in [0.3, 0.4) is 0 Å². The number of aryl methyl sites for hydroxylation is 1. The summed E-state index contributed by atoms with van der Waals surface area (Å²) in [5.74, 6) is -0.748. The van der Waals surface area contributed by atoms with Crippen molar-refractivity contribution >= 4 is 0 Å². The monoisotopic (exact) mass is 320 g/mol. The van der Waals surface area contributed by atoms with Crippen LogP contribution >= 0.6 is 0 Å². The van der Waals surface area contributed by atoms with Gasteiger partial charge in [-0.15, -0.1) is 0 Å². The predicted molar refractivity (Wildman–Crippen MR) is 91.2 cm³/mol. The summed E-state index contributed by atoms with van der Waals surface area (Å²) in [4.78, 5) is 7.43. The lowest BCUT2D eigenvalue weighted by Crippen LogP contribution is -1.93. The highest BCUT2D eigenvalue weighted by Gasteiger charge is 2.07. The molecule has 0 amide bonds. The van der Waals surface area contributed by atoms with Gasteiger partial charge in [-0.25, -0.2) is 18.7 Å². The summed E-state index contributed by atoms with van der Waals surface area (Å²) in [7, 11) is 0. The van der Waals surface area contributed by atoms with E-state index in [4.69, 9.17) is 0 Å². The van der Waals surface area contributed by atoms with E-state index < -0.39 is 11.6 Å². The van der Waals surface area contributed by atoms with E-state index in [2.05, 4.69) is 23.8 Å². The van der Waals surface area contributed by atoms with Gasteiger partial charge in [0.15, 0.2) is 11.6 Å². The van der Waals surface area contributed by atoms with Gasteiger partial charge in [-0.1, -0.05) is 58.4 Å². The molecule has 0 saturated carbocycles. The SMILES string of the molecule is CCCCCCCC.Cc1ccc(-c2ncc(F)cn2)c(F)c1. The van der Waals surface area contributed by atoms with Crippen molar-refractivity contribution < 1.29 is 8.78 Å². The van der Waals surface area contributed by atoms with Crippen LogP contribution < -0.4 is 0 Å². The van der Waals surface area contributed by atoms with Crippen molar-refractivity contribution in [1.29, 1.82) is 0 Å². The van der Waals surface area contributed by atoms with Crippen LogP contribution in [0.25, 0.3) is 11.4 Å². The molecule has 1 heterocycles. The number of hydrogen-bond donors (Lipinski definition) is 0. The van der Waals surface area contributed by atoms with Crippen LogP contribution in [-0.2, 0) is 0 Å². The van der Waals surface area contributed by atoms with E-state index in [0.717, 1.165) is 18.0 Å². The molecule has 4 heteroatoms. The number of benzene rings is 1. The van der Waals surface area contributed by atoms with Gasteiger partial charge in [0.25, 0.3) is 0 Å².